The second-order valence-corrected chi connectivity index (χ2v) is 8.78. The molecule has 0 spiro atoms. The summed E-state index contributed by atoms with van der Waals surface area (Å²) >= 11 is 12.0. The Morgan fingerprint density at radius 2 is 1.65 bits per heavy atom. The van der Waals surface area contributed by atoms with Crippen molar-refractivity contribution in [2.75, 3.05) is 13.1 Å². The Hall–Kier alpha value is -2.48. The van der Waals surface area contributed by atoms with Gasteiger partial charge in [0.25, 0.3) is 0 Å². The first-order valence-corrected chi connectivity index (χ1v) is 10.9. The summed E-state index contributed by atoms with van der Waals surface area (Å²) in [6.07, 6.45) is 2.83. The van der Waals surface area contributed by atoms with Gasteiger partial charge in [0.2, 0.25) is 5.91 Å². The number of halogens is 2. The van der Waals surface area contributed by atoms with Crippen molar-refractivity contribution in [3.05, 3.63) is 76.0 Å². The van der Waals surface area contributed by atoms with E-state index >= 15 is 0 Å². The van der Waals surface area contributed by atoms with Gasteiger partial charge in [0.05, 0.1) is 12.1 Å². The van der Waals surface area contributed by atoms with Gasteiger partial charge in [-0.05, 0) is 58.7 Å². The Kier molecular flexibility index (Phi) is 6.55. The summed E-state index contributed by atoms with van der Waals surface area (Å²) in [7, 11) is 0. The van der Waals surface area contributed by atoms with E-state index in [2.05, 4.69) is 15.5 Å². The van der Waals surface area contributed by atoms with Crippen LogP contribution in [0.2, 0.25) is 10.0 Å². The van der Waals surface area contributed by atoms with Crippen LogP contribution in [0, 0.1) is 0 Å². The van der Waals surface area contributed by atoms with Gasteiger partial charge < -0.3 is 10.0 Å². The van der Waals surface area contributed by atoms with Crippen LogP contribution in [0.3, 0.4) is 0 Å². The molecule has 0 bridgehead atoms. The van der Waals surface area contributed by atoms with Crippen molar-refractivity contribution in [1.82, 2.24) is 25.1 Å². The number of nitrogens with zero attached hydrogens (tertiary/aromatic N) is 5. The Bertz CT molecular complexity index is 1000. The lowest BCUT2D eigenvalue weighted by Gasteiger charge is -2.39. The lowest BCUT2D eigenvalue weighted by atomic mass is 9.84. The number of aromatic nitrogens is 4. The van der Waals surface area contributed by atoms with Crippen LogP contribution in [-0.2, 0) is 16.9 Å². The zero-order valence-electron chi connectivity index (χ0n) is 16.9. The molecule has 162 valence electrons. The lowest BCUT2D eigenvalue weighted by Crippen LogP contribution is -2.45. The number of tetrazole rings is 1. The fourth-order valence-corrected chi connectivity index (χ4v) is 4.28. The molecule has 1 saturated heterocycles. The van der Waals surface area contributed by atoms with Gasteiger partial charge in [-0.3, -0.25) is 4.79 Å². The zero-order chi connectivity index (χ0) is 21.8. The first-order valence-electron chi connectivity index (χ1n) is 10.2. The van der Waals surface area contributed by atoms with Crippen LogP contribution in [0.1, 0.15) is 36.3 Å². The second kappa shape index (κ2) is 9.34. The highest BCUT2D eigenvalue weighted by atomic mass is 35.5. The van der Waals surface area contributed by atoms with Gasteiger partial charge in [0.15, 0.2) is 0 Å². The molecule has 31 heavy (non-hydrogen) atoms. The largest absolute Gasteiger partial charge is 0.385 e. The van der Waals surface area contributed by atoms with E-state index < -0.39 is 5.60 Å². The number of hydrogen-bond donors (Lipinski definition) is 1. The number of aliphatic hydroxyl groups is 1. The number of rotatable bonds is 6. The summed E-state index contributed by atoms with van der Waals surface area (Å²) in [6.45, 7) is 1.48. The molecule has 1 aliphatic heterocycles. The van der Waals surface area contributed by atoms with Crippen LogP contribution in [0.4, 0.5) is 0 Å². The topological polar surface area (TPSA) is 84.1 Å². The number of piperidine rings is 1. The monoisotopic (exact) mass is 459 g/mol. The molecule has 1 amide bonds. The second-order valence-electron chi connectivity index (χ2n) is 7.90. The van der Waals surface area contributed by atoms with E-state index in [1.165, 1.54) is 0 Å². The Morgan fingerprint density at radius 1 is 1.03 bits per heavy atom. The highest BCUT2D eigenvalue weighted by molar-refractivity contribution is 6.30. The maximum absolute atomic E-state index is 13.1. The van der Waals surface area contributed by atoms with E-state index in [1.807, 2.05) is 41.3 Å². The number of carbonyl (C=O) groups excluding carboxylic acids is 1. The van der Waals surface area contributed by atoms with Crippen LogP contribution >= 0.6 is 23.2 Å². The molecule has 0 unspecified atom stereocenters. The van der Waals surface area contributed by atoms with Crippen molar-refractivity contribution >= 4 is 29.1 Å². The third-order valence-electron chi connectivity index (χ3n) is 5.89. The summed E-state index contributed by atoms with van der Waals surface area (Å²) in [5.74, 6) is -0.0449. The van der Waals surface area contributed by atoms with Crippen molar-refractivity contribution in [2.45, 2.75) is 37.3 Å². The molecule has 0 saturated carbocycles. The number of benzene rings is 2. The van der Waals surface area contributed by atoms with Crippen LogP contribution in [-0.4, -0.2) is 49.2 Å². The molecule has 2 heterocycles. The number of amides is 1. The molecule has 1 N–H and O–H groups in total. The van der Waals surface area contributed by atoms with Gasteiger partial charge in [-0.15, -0.1) is 5.10 Å². The average Bonchev–Trinajstić information content (AvgIpc) is 3.28. The van der Waals surface area contributed by atoms with Crippen LogP contribution in [0.15, 0.2) is 54.9 Å². The fourth-order valence-electron chi connectivity index (χ4n) is 4.03. The molecule has 0 radical (unpaired) electrons. The van der Waals surface area contributed by atoms with E-state index in [1.54, 1.807) is 23.1 Å². The molecule has 1 atom stereocenters. The molecular weight excluding hydrogens is 437 g/mol. The van der Waals surface area contributed by atoms with Crippen molar-refractivity contribution in [3.63, 3.8) is 0 Å². The first-order chi connectivity index (χ1) is 14.9. The summed E-state index contributed by atoms with van der Waals surface area (Å²) in [5.41, 5.74) is 0.897. The minimum Gasteiger partial charge on any atom is -0.385 e. The highest BCUT2D eigenvalue weighted by Gasteiger charge is 2.35. The van der Waals surface area contributed by atoms with Crippen molar-refractivity contribution in [2.24, 2.45) is 0 Å². The minimum absolute atomic E-state index is 0.0474. The maximum Gasteiger partial charge on any atom is 0.223 e. The standard InChI is InChI=1S/C22H23Cl2N5O2/c23-19-5-1-16(2-6-19)17(14-29-15-25-26-27-29)13-21(30)28-11-9-22(31,10-12-28)18-3-7-20(24)8-4-18/h1-8,15,17,31H,9-14H2/t17-/m1/s1. The summed E-state index contributed by atoms with van der Waals surface area (Å²) < 4.78 is 1.63. The van der Waals surface area contributed by atoms with Gasteiger partial charge in [0.1, 0.15) is 6.33 Å². The quantitative estimate of drug-likeness (QED) is 0.607. The molecule has 1 aromatic heterocycles. The molecule has 3 aromatic rings. The van der Waals surface area contributed by atoms with E-state index in [0.29, 0.717) is 48.9 Å². The predicted octanol–water partition coefficient (Wildman–Crippen LogP) is 3.66. The van der Waals surface area contributed by atoms with E-state index in [0.717, 1.165) is 11.1 Å². The molecule has 0 aliphatic carbocycles. The maximum atomic E-state index is 13.1. The van der Waals surface area contributed by atoms with Crippen molar-refractivity contribution in [1.29, 1.82) is 0 Å². The number of likely N-dealkylation sites (tertiary alicyclic amines) is 1. The first kappa shape index (κ1) is 21.7. The minimum atomic E-state index is -0.941. The summed E-state index contributed by atoms with van der Waals surface area (Å²) in [4.78, 5) is 14.9. The molecule has 4 rings (SSSR count). The van der Waals surface area contributed by atoms with Crippen LogP contribution in [0.5, 0.6) is 0 Å². The van der Waals surface area contributed by atoms with Gasteiger partial charge in [-0.1, -0.05) is 47.5 Å². The molecular formula is C22H23Cl2N5O2. The SMILES string of the molecule is O=C(C[C@H](Cn1cnnn1)c1ccc(Cl)cc1)N1CCC(O)(c2ccc(Cl)cc2)CC1. The van der Waals surface area contributed by atoms with Gasteiger partial charge in [-0.25, -0.2) is 4.68 Å². The number of carbonyl (C=O) groups is 1. The Morgan fingerprint density at radius 3 is 2.23 bits per heavy atom. The normalized spacial score (nSPS) is 16.8. The molecule has 7 nitrogen and oxygen atoms in total. The molecule has 2 aromatic carbocycles. The van der Waals surface area contributed by atoms with Crippen molar-refractivity contribution < 1.29 is 9.90 Å². The Balaban J connectivity index is 1.43. The predicted molar refractivity (Wildman–Crippen MR) is 118 cm³/mol. The van der Waals surface area contributed by atoms with Gasteiger partial charge >= 0.3 is 0 Å². The van der Waals surface area contributed by atoms with Crippen LogP contribution < -0.4 is 0 Å². The Labute approximate surface area is 190 Å². The van der Waals surface area contributed by atoms with Gasteiger partial charge in [0, 0.05) is 35.5 Å². The molecule has 1 aliphatic rings. The molecule has 9 heteroatoms. The van der Waals surface area contributed by atoms with E-state index in [9.17, 15) is 9.90 Å². The molecule has 1 fully saturated rings. The van der Waals surface area contributed by atoms with Crippen LogP contribution in [0.25, 0.3) is 0 Å². The lowest BCUT2D eigenvalue weighted by molar-refractivity contribution is -0.136. The highest BCUT2D eigenvalue weighted by Crippen LogP contribution is 2.34. The summed E-state index contributed by atoms with van der Waals surface area (Å²) in [6, 6.07) is 14.8. The van der Waals surface area contributed by atoms with Gasteiger partial charge in [-0.2, -0.15) is 0 Å². The third kappa shape index (κ3) is 5.23. The summed E-state index contributed by atoms with van der Waals surface area (Å²) in [5, 5.41) is 23.7. The fraction of sp³-hybridized carbons (Fsp3) is 0.364. The van der Waals surface area contributed by atoms with Crippen molar-refractivity contribution in [3.8, 4) is 0 Å². The third-order valence-corrected chi connectivity index (χ3v) is 6.39. The average molecular weight is 460 g/mol. The smallest absolute Gasteiger partial charge is 0.223 e. The van der Waals surface area contributed by atoms with E-state index in [4.69, 9.17) is 23.2 Å². The zero-order valence-corrected chi connectivity index (χ0v) is 18.4. The van der Waals surface area contributed by atoms with E-state index in [-0.39, 0.29) is 11.8 Å². The number of hydrogen-bond acceptors (Lipinski definition) is 5.